The molecule has 0 aromatic rings. The summed E-state index contributed by atoms with van der Waals surface area (Å²) in [4.78, 5) is 13.1. The molecular weight excluding hydrogens is 274 g/mol. The molecule has 0 aliphatic carbocycles. The number of hydrogen-bond acceptors (Lipinski definition) is 2. The van der Waals surface area contributed by atoms with Crippen molar-refractivity contribution in [3.63, 3.8) is 0 Å². The van der Waals surface area contributed by atoms with Gasteiger partial charge in [0.1, 0.15) is 0 Å². The molecule has 8 heavy (non-hydrogen) atoms. The molecule has 0 amide bonds. The molecule has 0 spiro atoms. The molecule has 0 atom stereocenters. The molecule has 2 nitrogen and oxygen atoms in total. The fourth-order valence-electron chi connectivity index (χ4n) is 0.129. The molecule has 0 rings (SSSR count). The first-order valence-corrected chi connectivity index (χ1v) is 1.57. The van der Waals surface area contributed by atoms with E-state index >= 15 is 0 Å². The van der Waals surface area contributed by atoms with Gasteiger partial charge in [0.2, 0.25) is 0 Å². The predicted octanol–water partition coefficient (Wildman–Crippen LogP) is 0.886. The Balaban J connectivity index is -0.000000125. The largest absolute Gasteiger partial charge is 2.00 e. The molecule has 3 heteroatoms. The zero-order valence-corrected chi connectivity index (χ0v) is 7.98. The molecular formula is C5H9NOW. The minimum Gasteiger partial charge on any atom is -0.454 e. The van der Waals surface area contributed by atoms with Crippen LogP contribution in [0.3, 0.4) is 0 Å². The van der Waals surface area contributed by atoms with Gasteiger partial charge in [-0.2, -0.15) is 7.05 Å². The van der Waals surface area contributed by atoms with E-state index in [-0.39, 0.29) is 34.3 Å². The molecule has 0 unspecified atom stereocenters. The Kier molecular flexibility index (Phi) is 19.6. The summed E-state index contributed by atoms with van der Waals surface area (Å²) < 4.78 is 0. The summed E-state index contributed by atoms with van der Waals surface area (Å²) in [5.74, 6) is -0.0648. The molecule has 0 saturated carbocycles. The first kappa shape index (κ1) is 15.7. The topological polar surface area (TPSA) is 29.4 Å². The maximum absolute atomic E-state index is 9.85. The Bertz CT molecular complexity index is 80.5. The van der Waals surface area contributed by atoms with Crippen molar-refractivity contribution < 1.29 is 25.9 Å². The van der Waals surface area contributed by atoms with Crippen LogP contribution in [0.25, 0.3) is 0 Å². The van der Waals surface area contributed by atoms with Crippen LogP contribution in [0.4, 0.5) is 0 Å². The van der Waals surface area contributed by atoms with Gasteiger partial charge in [0, 0.05) is 0 Å². The molecule has 0 radical (unpaired) electrons. The first-order valence-electron chi connectivity index (χ1n) is 1.57. The van der Waals surface area contributed by atoms with Gasteiger partial charge in [-0.05, 0) is 6.92 Å². The van der Waals surface area contributed by atoms with Crippen LogP contribution < -0.4 is 0 Å². The number of rotatable bonds is 1. The van der Waals surface area contributed by atoms with E-state index in [1.54, 1.807) is 0 Å². The average molecular weight is 283 g/mol. The molecule has 0 aromatic carbocycles. The van der Waals surface area contributed by atoms with Crippen LogP contribution >= 0.6 is 0 Å². The Morgan fingerprint density at radius 3 is 2.12 bits per heavy atom. The van der Waals surface area contributed by atoms with Gasteiger partial charge in [0.15, 0.2) is 0 Å². The van der Waals surface area contributed by atoms with Gasteiger partial charge in [-0.15, -0.1) is 0 Å². The molecule has 0 bridgehead atoms. The summed E-state index contributed by atoms with van der Waals surface area (Å²) in [7, 11) is 3.07. The predicted molar refractivity (Wildman–Crippen MR) is 30.9 cm³/mol. The fourth-order valence-corrected chi connectivity index (χ4v) is 0.129. The van der Waals surface area contributed by atoms with Gasteiger partial charge < -0.3 is 17.2 Å². The van der Waals surface area contributed by atoms with Crippen LogP contribution in [0.15, 0.2) is 4.99 Å². The molecule has 0 aliphatic rings. The van der Waals surface area contributed by atoms with Crippen LogP contribution in [-0.4, -0.2) is 12.0 Å². The van der Waals surface area contributed by atoms with Crippen molar-refractivity contribution in [2.45, 2.75) is 6.92 Å². The van der Waals surface area contributed by atoms with Gasteiger partial charge in [-0.3, -0.25) is 0 Å². The number of carbonyl (C=O) groups is 1. The third-order valence-electron chi connectivity index (χ3n) is 0.273. The zero-order chi connectivity index (χ0) is 4.99. The average Bonchev–Trinajstić information content (AvgIpc) is 1.35. The maximum Gasteiger partial charge on any atom is 2.00 e. The molecule has 0 aromatic heterocycles. The summed E-state index contributed by atoms with van der Waals surface area (Å²) in [5, 5.41) is 0. The van der Waals surface area contributed by atoms with E-state index in [2.05, 4.69) is 12.0 Å². The van der Waals surface area contributed by atoms with Crippen LogP contribution in [0.5, 0.6) is 0 Å². The van der Waals surface area contributed by atoms with Crippen molar-refractivity contribution in [3.05, 3.63) is 14.5 Å². The minimum absolute atomic E-state index is 0. The van der Waals surface area contributed by atoms with E-state index in [1.807, 2.05) is 0 Å². The summed E-state index contributed by atoms with van der Waals surface area (Å²) in [5.41, 5.74) is 0. The van der Waals surface area contributed by atoms with Crippen molar-refractivity contribution in [1.82, 2.24) is 0 Å². The smallest absolute Gasteiger partial charge is 0.454 e. The summed E-state index contributed by atoms with van der Waals surface area (Å²) in [6.07, 6.45) is 1.17. The Labute approximate surface area is 64.6 Å². The van der Waals surface area contributed by atoms with E-state index in [9.17, 15) is 4.79 Å². The monoisotopic (exact) mass is 283 g/mol. The normalized spacial score (nSPS) is 7.12. The van der Waals surface area contributed by atoms with Gasteiger partial charge in [-0.25, -0.2) is 0 Å². The van der Waals surface area contributed by atoms with Gasteiger partial charge in [-0.1, -0.05) is 6.21 Å². The van der Waals surface area contributed by atoms with Crippen LogP contribution in [-0.2, 0) is 25.9 Å². The van der Waals surface area contributed by atoms with E-state index in [4.69, 9.17) is 0 Å². The second-order valence-corrected chi connectivity index (χ2v) is 0.922. The number of Topliss-reactive ketones (excluding diaryl/α,β-unsaturated/α-hetero) is 1. The maximum atomic E-state index is 9.85. The van der Waals surface area contributed by atoms with Crippen molar-refractivity contribution >= 4 is 12.0 Å². The second-order valence-electron chi connectivity index (χ2n) is 0.922. The third-order valence-corrected chi connectivity index (χ3v) is 0.273. The molecule has 0 saturated heterocycles. The van der Waals surface area contributed by atoms with Crippen molar-refractivity contribution in [1.29, 1.82) is 0 Å². The van der Waals surface area contributed by atoms with Crippen LogP contribution in [0, 0.1) is 14.5 Å². The second kappa shape index (κ2) is 10.0. The van der Waals surface area contributed by atoms with E-state index in [0.29, 0.717) is 0 Å². The van der Waals surface area contributed by atoms with Gasteiger partial charge in [0.25, 0.3) is 0 Å². The molecule has 0 N–H and O–H groups in total. The summed E-state index contributed by atoms with van der Waals surface area (Å²) in [6, 6.07) is 0. The summed E-state index contributed by atoms with van der Waals surface area (Å²) >= 11 is 0. The van der Waals surface area contributed by atoms with E-state index in [1.165, 1.54) is 13.1 Å². The van der Waals surface area contributed by atoms with Crippen molar-refractivity contribution in [2.75, 3.05) is 0 Å². The molecule has 0 aliphatic heterocycles. The number of ketones is 1. The zero-order valence-electron chi connectivity index (χ0n) is 5.05. The van der Waals surface area contributed by atoms with E-state index < -0.39 is 0 Å². The summed E-state index contributed by atoms with van der Waals surface area (Å²) in [6.45, 7) is 1.43. The number of aliphatic imine (C=N–C) groups is 1. The fraction of sp³-hybridized carbons (Fsp3) is 0.200. The number of carbonyl (C=O) groups excluding carboxylic acids is 1. The van der Waals surface area contributed by atoms with Crippen LogP contribution in [0.2, 0.25) is 0 Å². The Hall–Kier alpha value is -0.102. The molecule has 46 valence electrons. The first-order chi connectivity index (χ1) is 2.77. The minimum atomic E-state index is -0.0648. The van der Waals surface area contributed by atoms with Crippen molar-refractivity contribution in [2.24, 2.45) is 4.99 Å². The number of hydrogen-bond donors (Lipinski definition) is 0. The van der Waals surface area contributed by atoms with Gasteiger partial charge in [0.05, 0.1) is 5.78 Å². The SMILES string of the molecule is [CH2-]N=CC(C)=O.[CH3-].[W+2]. The Morgan fingerprint density at radius 1 is 1.75 bits per heavy atom. The number of nitrogens with zero attached hydrogens (tertiary/aromatic N) is 1. The van der Waals surface area contributed by atoms with Gasteiger partial charge >= 0.3 is 21.1 Å². The van der Waals surface area contributed by atoms with Crippen LogP contribution in [0.1, 0.15) is 6.92 Å². The third kappa shape index (κ3) is 16.8. The van der Waals surface area contributed by atoms with Crippen molar-refractivity contribution in [3.8, 4) is 0 Å². The molecule has 0 heterocycles. The molecule has 0 fully saturated rings. The van der Waals surface area contributed by atoms with E-state index in [0.717, 1.165) is 0 Å². The Morgan fingerprint density at radius 2 is 2.12 bits per heavy atom. The quantitative estimate of drug-likeness (QED) is 0.519. The standard InChI is InChI=1S/C4H6NO.CH3.W/c1-4(6)3-5-2;;/h3H,2H2,1H3;1H3;/q2*-1;+2.